The summed E-state index contributed by atoms with van der Waals surface area (Å²) < 4.78 is 0. The lowest BCUT2D eigenvalue weighted by atomic mass is 10.0. The van der Waals surface area contributed by atoms with Crippen molar-refractivity contribution in [3.8, 4) is 34.4 Å². The molecule has 0 spiro atoms. The molecule has 0 saturated heterocycles. The molecule has 0 bridgehead atoms. The maximum Gasteiger partial charge on any atom is 0.0998 e. The van der Waals surface area contributed by atoms with E-state index in [1.165, 1.54) is 0 Å². The summed E-state index contributed by atoms with van der Waals surface area (Å²) in [7, 11) is 0. The number of hydrogen-bond donors (Lipinski definition) is 0. The molecule has 39 heavy (non-hydrogen) atoms. The molecule has 0 aliphatic rings. The van der Waals surface area contributed by atoms with Gasteiger partial charge in [-0.25, -0.2) is 0 Å². The van der Waals surface area contributed by atoms with E-state index >= 15 is 0 Å². The van der Waals surface area contributed by atoms with Crippen LogP contribution in [0.3, 0.4) is 0 Å². The van der Waals surface area contributed by atoms with E-state index < -0.39 is 0 Å². The van der Waals surface area contributed by atoms with Crippen molar-refractivity contribution in [1.29, 1.82) is 10.5 Å². The highest BCUT2D eigenvalue weighted by Gasteiger charge is 2.17. The number of pyridine rings is 1. The van der Waals surface area contributed by atoms with Crippen LogP contribution in [0, 0.1) is 22.7 Å². The molecule has 0 N–H and O–H groups in total. The van der Waals surface area contributed by atoms with Crippen LogP contribution in [0.25, 0.3) is 33.0 Å². The average Bonchev–Trinajstić information content (AvgIpc) is 3.02. The highest BCUT2D eigenvalue weighted by molar-refractivity contribution is 6.01. The van der Waals surface area contributed by atoms with Gasteiger partial charge in [0.25, 0.3) is 0 Å². The van der Waals surface area contributed by atoms with Gasteiger partial charge in [0.1, 0.15) is 0 Å². The molecule has 0 radical (unpaired) electrons. The first-order valence-electron chi connectivity index (χ1n) is 12.6. The molecule has 182 valence electrons. The van der Waals surface area contributed by atoms with Crippen molar-refractivity contribution in [3.05, 3.63) is 145 Å². The Kier molecular flexibility index (Phi) is 6.28. The lowest BCUT2D eigenvalue weighted by molar-refractivity contribution is 1.29. The fourth-order valence-electron chi connectivity index (χ4n) is 4.89. The first-order valence-corrected chi connectivity index (χ1v) is 12.6. The number of benzene rings is 5. The Morgan fingerprint density at radius 3 is 1.54 bits per heavy atom. The van der Waals surface area contributed by atoms with Crippen molar-refractivity contribution in [3.63, 3.8) is 0 Å². The largest absolute Gasteiger partial charge is 0.310 e. The number of nitrogens with zero attached hydrogens (tertiary/aromatic N) is 4. The smallest absolute Gasteiger partial charge is 0.0998 e. The number of aromatic nitrogens is 1. The maximum atomic E-state index is 9.72. The summed E-state index contributed by atoms with van der Waals surface area (Å²) >= 11 is 0. The topological polar surface area (TPSA) is 63.7 Å². The molecule has 0 amide bonds. The quantitative estimate of drug-likeness (QED) is 0.238. The number of anilines is 3. The van der Waals surface area contributed by atoms with E-state index in [-0.39, 0.29) is 0 Å². The minimum absolute atomic E-state index is 0.643. The molecule has 1 aromatic heterocycles. The molecule has 0 unspecified atom stereocenters. The molecule has 0 fully saturated rings. The third-order valence-corrected chi connectivity index (χ3v) is 6.87. The van der Waals surface area contributed by atoms with Gasteiger partial charge in [-0.3, -0.25) is 4.98 Å². The molecule has 0 saturated carbocycles. The average molecular weight is 499 g/mol. The van der Waals surface area contributed by atoms with Crippen LogP contribution < -0.4 is 4.90 Å². The van der Waals surface area contributed by atoms with Gasteiger partial charge in [0.2, 0.25) is 0 Å². The summed E-state index contributed by atoms with van der Waals surface area (Å²) in [5.41, 5.74) is 8.64. The standard InChI is InChI=1S/C35H22N4/c36-23-25-5-7-26(8-6-25)27-9-14-31(15-10-27)39(32-16-11-28(12-17-32)29-19-21-38-22-20-29)35-18-13-30(24-37)33-3-1-2-4-34(33)35/h1-22H. The van der Waals surface area contributed by atoms with E-state index in [4.69, 9.17) is 5.26 Å². The van der Waals surface area contributed by atoms with Gasteiger partial charge in [-0.05, 0) is 82.9 Å². The zero-order chi connectivity index (χ0) is 26.6. The molecular formula is C35H22N4. The molecule has 6 aromatic rings. The second kappa shape index (κ2) is 10.3. The molecule has 6 rings (SSSR count). The molecular weight excluding hydrogens is 476 g/mol. The van der Waals surface area contributed by atoms with Crippen LogP contribution in [0.2, 0.25) is 0 Å². The van der Waals surface area contributed by atoms with Crippen LogP contribution in [-0.2, 0) is 0 Å². The van der Waals surface area contributed by atoms with E-state index in [9.17, 15) is 5.26 Å². The summed E-state index contributed by atoms with van der Waals surface area (Å²) in [4.78, 5) is 6.36. The third-order valence-electron chi connectivity index (χ3n) is 6.87. The second-order valence-electron chi connectivity index (χ2n) is 9.14. The summed E-state index contributed by atoms with van der Waals surface area (Å²) in [6, 6.07) is 45.0. The van der Waals surface area contributed by atoms with Gasteiger partial charge in [-0.15, -0.1) is 0 Å². The zero-order valence-electron chi connectivity index (χ0n) is 21.0. The van der Waals surface area contributed by atoms with Crippen molar-refractivity contribution in [2.45, 2.75) is 0 Å². The van der Waals surface area contributed by atoms with Crippen molar-refractivity contribution in [2.75, 3.05) is 4.90 Å². The van der Waals surface area contributed by atoms with Crippen LogP contribution in [0.5, 0.6) is 0 Å². The minimum Gasteiger partial charge on any atom is -0.310 e. The summed E-state index contributed by atoms with van der Waals surface area (Å²) in [6.45, 7) is 0. The van der Waals surface area contributed by atoms with Crippen molar-refractivity contribution in [2.24, 2.45) is 0 Å². The lowest BCUT2D eigenvalue weighted by Gasteiger charge is -2.27. The molecule has 0 aliphatic heterocycles. The Morgan fingerprint density at radius 2 is 1.00 bits per heavy atom. The van der Waals surface area contributed by atoms with Crippen LogP contribution in [0.15, 0.2) is 134 Å². The monoisotopic (exact) mass is 498 g/mol. The second-order valence-corrected chi connectivity index (χ2v) is 9.14. The van der Waals surface area contributed by atoms with E-state index in [1.807, 2.05) is 66.7 Å². The van der Waals surface area contributed by atoms with Gasteiger partial charge < -0.3 is 4.90 Å². The lowest BCUT2D eigenvalue weighted by Crippen LogP contribution is -2.10. The van der Waals surface area contributed by atoms with Crippen molar-refractivity contribution < 1.29 is 0 Å². The molecule has 4 heteroatoms. The van der Waals surface area contributed by atoms with Gasteiger partial charge >= 0.3 is 0 Å². The normalized spacial score (nSPS) is 10.5. The Balaban J connectivity index is 1.47. The predicted molar refractivity (Wildman–Crippen MR) is 157 cm³/mol. The number of rotatable bonds is 5. The highest BCUT2D eigenvalue weighted by atomic mass is 15.1. The fourth-order valence-corrected chi connectivity index (χ4v) is 4.89. The Labute approximate surface area is 227 Å². The van der Waals surface area contributed by atoms with Crippen LogP contribution in [0.1, 0.15) is 11.1 Å². The van der Waals surface area contributed by atoms with Crippen molar-refractivity contribution >= 4 is 27.8 Å². The highest BCUT2D eigenvalue weighted by Crippen LogP contribution is 2.40. The summed E-state index contributed by atoms with van der Waals surface area (Å²) in [5, 5.41) is 20.8. The molecule has 0 atom stereocenters. The van der Waals surface area contributed by atoms with Crippen LogP contribution in [-0.4, -0.2) is 4.98 Å². The van der Waals surface area contributed by atoms with Gasteiger partial charge in [0.05, 0.1) is 29.0 Å². The first kappa shape index (κ1) is 23.7. The van der Waals surface area contributed by atoms with Crippen molar-refractivity contribution in [1.82, 2.24) is 4.98 Å². The summed E-state index contributed by atoms with van der Waals surface area (Å²) in [6.07, 6.45) is 3.60. The first-order chi connectivity index (χ1) is 19.2. The Bertz CT molecular complexity index is 1840. The predicted octanol–water partition coefficient (Wildman–Crippen LogP) is 8.78. The van der Waals surface area contributed by atoms with E-state index in [0.717, 1.165) is 50.1 Å². The third kappa shape index (κ3) is 4.60. The van der Waals surface area contributed by atoms with Gasteiger partial charge in [-0.2, -0.15) is 10.5 Å². The number of fused-ring (bicyclic) bond motifs is 1. The Morgan fingerprint density at radius 1 is 0.487 bits per heavy atom. The zero-order valence-corrected chi connectivity index (χ0v) is 21.0. The van der Waals surface area contributed by atoms with E-state index in [1.54, 1.807) is 12.4 Å². The van der Waals surface area contributed by atoms with E-state index in [2.05, 4.69) is 76.6 Å². The number of hydrogen-bond acceptors (Lipinski definition) is 4. The molecule has 4 nitrogen and oxygen atoms in total. The van der Waals surface area contributed by atoms with Crippen LogP contribution >= 0.6 is 0 Å². The van der Waals surface area contributed by atoms with Gasteiger partial charge in [-0.1, -0.05) is 60.7 Å². The molecule has 0 aliphatic carbocycles. The van der Waals surface area contributed by atoms with Crippen LogP contribution in [0.4, 0.5) is 17.1 Å². The molecule has 1 heterocycles. The van der Waals surface area contributed by atoms with Gasteiger partial charge in [0.15, 0.2) is 0 Å². The molecule has 5 aromatic carbocycles. The van der Waals surface area contributed by atoms with E-state index in [0.29, 0.717) is 11.1 Å². The number of nitriles is 2. The SMILES string of the molecule is N#Cc1ccc(-c2ccc(N(c3ccc(-c4ccncc4)cc3)c3ccc(C#N)c4ccccc34)cc2)cc1. The summed E-state index contributed by atoms with van der Waals surface area (Å²) in [5.74, 6) is 0. The maximum absolute atomic E-state index is 9.72. The minimum atomic E-state index is 0.643. The fraction of sp³-hybridized carbons (Fsp3) is 0. The Hall–Kier alpha value is -5.71. The van der Waals surface area contributed by atoms with Gasteiger partial charge in [0, 0.05) is 34.5 Å².